The van der Waals surface area contributed by atoms with E-state index in [4.69, 9.17) is 4.74 Å². The molecule has 0 bridgehead atoms. The van der Waals surface area contributed by atoms with Crippen LogP contribution in [0.15, 0.2) is 23.1 Å². The number of methoxy groups -OCH3 is 1. The highest BCUT2D eigenvalue weighted by Gasteiger charge is 2.29. The summed E-state index contributed by atoms with van der Waals surface area (Å²) in [6, 6.07) is 5.08. The van der Waals surface area contributed by atoms with Crippen molar-refractivity contribution in [2.45, 2.75) is 0 Å². The van der Waals surface area contributed by atoms with Gasteiger partial charge < -0.3 is 19.6 Å². The van der Waals surface area contributed by atoms with Gasteiger partial charge in [0.1, 0.15) is 6.54 Å². The van der Waals surface area contributed by atoms with Crippen molar-refractivity contribution in [1.29, 1.82) is 0 Å². The van der Waals surface area contributed by atoms with E-state index in [1.807, 2.05) is 0 Å². The van der Waals surface area contributed by atoms with E-state index in [1.54, 1.807) is 38.4 Å². The first kappa shape index (κ1) is 16.2. The van der Waals surface area contributed by atoms with Gasteiger partial charge >= 0.3 is 0 Å². The number of rotatable bonds is 4. The normalized spacial score (nSPS) is 16.2. The van der Waals surface area contributed by atoms with Crippen LogP contribution < -0.4 is 4.74 Å². The van der Waals surface area contributed by atoms with E-state index in [0.29, 0.717) is 22.1 Å². The van der Waals surface area contributed by atoms with Crippen LogP contribution >= 0.6 is 11.8 Å². The molecule has 118 valence electrons. The number of hydrogen-bond acceptors (Lipinski definition) is 5. The lowest BCUT2D eigenvalue weighted by atomic mass is 10.1. The molecular weight excluding hydrogens is 304 g/mol. The molecule has 1 aromatic carbocycles. The summed E-state index contributed by atoms with van der Waals surface area (Å²) in [5.74, 6) is 0.439. The number of benzene rings is 1. The lowest BCUT2D eigenvalue weighted by Crippen LogP contribution is -2.37. The maximum Gasteiger partial charge on any atom is 0.261 e. The summed E-state index contributed by atoms with van der Waals surface area (Å²) in [6.45, 7) is 0.0558. The molecule has 2 rings (SSSR count). The molecule has 1 heterocycles. The van der Waals surface area contributed by atoms with Crippen LogP contribution in [-0.2, 0) is 9.59 Å². The Bertz CT molecular complexity index is 628. The third-order valence-electron chi connectivity index (χ3n) is 3.24. The Balaban J connectivity index is 2.18. The van der Waals surface area contributed by atoms with Gasteiger partial charge in [-0.05, 0) is 12.1 Å². The number of carbonyl (C=O) groups is 2. The maximum atomic E-state index is 12.3. The number of phenols is 1. The van der Waals surface area contributed by atoms with Crippen molar-refractivity contribution in [3.63, 3.8) is 0 Å². The molecule has 22 heavy (non-hydrogen) atoms. The first-order chi connectivity index (χ1) is 10.4. The predicted octanol–water partition coefficient (Wildman–Crippen LogP) is 1.36. The second-order valence-electron chi connectivity index (χ2n) is 4.97. The summed E-state index contributed by atoms with van der Waals surface area (Å²) in [5, 5.41) is 10.1. The quantitative estimate of drug-likeness (QED) is 0.848. The van der Waals surface area contributed by atoms with Crippen molar-refractivity contribution in [2.24, 2.45) is 0 Å². The van der Waals surface area contributed by atoms with Gasteiger partial charge in [0.15, 0.2) is 11.5 Å². The summed E-state index contributed by atoms with van der Waals surface area (Å²) in [6.07, 6.45) is 1.62. The fourth-order valence-corrected chi connectivity index (χ4v) is 2.88. The highest BCUT2D eigenvalue weighted by molar-refractivity contribution is 8.04. The van der Waals surface area contributed by atoms with Gasteiger partial charge in [-0.1, -0.05) is 23.9 Å². The Labute approximate surface area is 133 Å². The average molecular weight is 322 g/mol. The molecular formula is C15H18N2O4S. The second kappa shape index (κ2) is 6.74. The number of para-hydroxylation sites is 1. The van der Waals surface area contributed by atoms with Crippen LogP contribution in [0.3, 0.4) is 0 Å². The second-order valence-corrected chi connectivity index (χ2v) is 5.96. The van der Waals surface area contributed by atoms with Crippen LogP contribution in [-0.4, -0.2) is 60.3 Å². The van der Waals surface area contributed by atoms with Crippen molar-refractivity contribution in [3.05, 3.63) is 28.7 Å². The van der Waals surface area contributed by atoms with Crippen molar-refractivity contribution in [3.8, 4) is 11.5 Å². The van der Waals surface area contributed by atoms with Crippen LogP contribution in [0.2, 0.25) is 0 Å². The van der Waals surface area contributed by atoms with E-state index < -0.39 is 0 Å². The van der Waals surface area contributed by atoms with Crippen LogP contribution in [0.4, 0.5) is 0 Å². The Morgan fingerprint density at radius 2 is 2.23 bits per heavy atom. The molecule has 1 saturated heterocycles. The molecule has 0 radical (unpaired) electrons. The van der Waals surface area contributed by atoms with Gasteiger partial charge in [0.05, 0.1) is 17.9 Å². The minimum absolute atomic E-state index is 0.00582. The first-order valence-corrected chi connectivity index (χ1v) is 7.62. The Hall–Kier alpha value is -2.15. The number of carbonyl (C=O) groups excluding carboxylic acids is 2. The smallest absolute Gasteiger partial charge is 0.261 e. The van der Waals surface area contributed by atoms with Crippen LogP contribution in [0.1, 0.15) is 5.56 Å². The number of ether oxygens (including phenoxy) is 1. The standard InChI is InChI=1S/C15H18N2O4S/c1-16(2)13(18)8-17-9-22-12(15(17)20)7-10-5-4-6-11(21-3)14(10)19/h4-7,19H,8-9H2,1-3H3/b12-7-. The van der Waals surface area contributed by atoms with E-state index in [-0.39, 0.29) is 24.1 Å². The van der Waals surface area contributed by atoms with Gasteiger partial charge in [-0.25, -0.2) is 0 Å². The number of phenolic OH excluding ortho intramolecular Hbond substituents is 1. The Morgan fingerprint density at radius 1 is 1.50 bits per heavy atom. The molecule has 2 amide bonds. The minimum Gasteiger partial charge on any atom is -0.504 e. The summed E-state index contributed by atoms with van der Waals surface area (Å²) in [4.78, 5) is 27.4. The van der Waals surface area contributed by atoms with Gasteiger partial charge in [0.2, 0.25) is 5.91 Å². The van der Waals surface area contributed by atoms with Crippen LogP contribution in [0.25, 0.3) is 6.08 Å². The third kappa shape index (κ3) is 3.36. The summed E-state index contributed by atoms with van der Waals surface area (Å²) < 4.78 is 5.05. The zero-order valence-corrected chi connectivity index (χ0v) is 13.5. The number of amides is 2. The monoisotopic (exact) mass is 322 g/mol. The van der Waals surface area contributed by atoms with E-state index >= 15 is 0 Å². The zero-order chi connectivity index (χ0) is 16.3. The highest BCUT2D eigenvalue weighted by atomic mass is 32.2. The van der Waals surface area contributed by atoms with Gasteiger partial charge in [-0.15, -0.1) is 0 Å². The van der Waals surface area contributed by atoms with Crippen molar-refractivity contribution in [1.82, 2.24) is 9.80 Å². The predicted molar refractivity (Wildman–Crippen MR) is 85.5 cm³/mol. The molecule has 1 N–H and O–H groups in total. The molecule has 0 saturated carbocycles. The zero-order valence-electron chi connectivity index (χ0n) is 12.7. The largest absolute Gasteiger partial charge is 0.504 e. The Kier molecular flexibility index (Phi) is 4.97. The minimum atomic E-state index is -0.206. The summed E-state index contributed by atoms with van der Waals surface area (Å²) >= 11 is 1.34. The van der Waals surface area contributed by atoms with E-state index in [2.05, 4.69) is 0 Å². The fraction of sp³-hybridized carbons (Fsp3) is 0.333. The van der Waals surface area contributed by atoms with E-state index in [1.165, 1.54) is 28.7 Å². The number of aromatic hydroxyl groups is 1. The van der Waals surface area contributed by atoms with E-state index in [0.717, 1.165) is 0 Å². The molecule has 0 spiro atoms. The molecule has 0 atom stereocenters. The molecule has 0 aliphatic carbocycles. The Morgan fingerprint density at radius 3 is 2.86 bits per heavy atom. The molecule has 1 aliphatic heterocycles. The van der Waals surface area contributed by atoms with Crippen LogP contribution in [0.5, 0.6) is 11.5 Å². The molecule has 0 aromatic heterocycles. The molecule has 1 aromatic rings. The SMILES string of the molecule is COc1cccc(/C=C2\SCN(CC(=O)N(C)C)C2=O)c1O. The number of likely N-dealkylation sites (N-methyl/N-ethyl adjacent to an activating group) is 1. The van der Waals surface area contributed by atoms with E-state index in [9.17, 15) is 14.7 Å². The van der Waals surface area contributed by atoms with Crippen molar-refractivity contribution in [2.75, 3.05) is 33.6 Å². The molecule has 6 nitrogen and oxygen atoms in total. The molecule has 1 fully saturated rings. The highest BCUT2D eigenvalue weighted by Crippen LogP contribution is 2.35. The topological polar surface area (TPSA) is 70.1 Å². The lowest BCUT2D eigenvalue weighted by molar-refractivity contribution is -0.135. The van der Waals surface area contributed by atoms with Gasteiger partial charge in [-0.3, -0.25) is 9.59 Å². The summed E-state index contributed by atoms with van der Waals surface area (Å²) in [5.41, 5.74) is 0.510. The number of thioether (sulfide) groups is 1. The van der Waals surface area contributed by atoms with Gasteiger partial charge in [0.25, 0.3) is 5.91 Å². The van der Waals surface area contributed by atoms with Gasteiger partial charge in [0, 0.05) is 19.7 Å². The number of hydrogen-bond donors (Lipinski definition) is 1. The first-order valence-electron chi connectivity index (χ1n) is 6.64. The molecule has 7 heteroatoms. The fourth-order valence-electron chi connectivity index (χ4n) is 1.91. The van der Waals surface area contributed by atoms with Gasteiger partial charge in [-0.2, -0.15) is 0 Å². The lowest BCUT2D eigenvalue weighted by Gasteiger charge is -2.17. The van der Waals surface area contributed by atoms with Crippen LogP contribution in [0, 0.1) is 0 Å². The average Bonchev–Trinajstić information content (AvgIpc) is 2.82. The molecule has 1 aliphatic rings. The maximum absolute atomic E-state index is 12.3. The number of nitrogens with zero attached hydrogens (tertiary/aromatic N) is 2. The third-order valence-corrected chi connectivity index (χ3v) is 4.28. The van der Waals surface area contributed by atoms with Crippen molar-refractivity contribution >= 4 is 29.7 Å². The van der Waals surface area contributed by atoms with Crippen molar-refractivity contribution < 1.29 is 19.4 Å². The summed E-state index contributed by atoms with van der Waals surface area (Å²) in [7, 11) is 4.78. The molecule has 0 unspecified atom stereocenters.